The van der Waals surface area contributed by atoms with Crippen LogP contribution >= 0.6 is 46.4 Å². The Balaban J connectivity index is 2.38. The zero-order valence-corrected chi connectivity index (χ0v) is 14.8. The highest BCUT2D eigenvalue weighted by atomic mass is 127. The Morgan fingerprint density at radius 3 is 2.67 bits per heavy atom. The first kappa shape index (κ1) is 16.2. The molecule has 6 heteroatoms. The molecule has 0 saturated carbocycles. The van der Waals surface area contributed by atoms with Crippen molar-refractivity contribution in [2.45, 2.75) is 6.92 Å². The van der Waals surface area contributed by atoms with Gasteiger partial charge in [-0.1, -0.05) is 36.0 Å². The maximum atomic E-state index is 12.4. The summed E-state index contributed by atoms with van der Waals surface area (Å²) in [6.07, 6.45) is 0. The standard InChI is InChI=1S/C15H12ClIN2OS/c1-8-3-2-4-11(13(8)17)15(20)19-12-7-9(16)5-6-10(12)14(18)21/h2-7H,1H3,(H2,18,21)(H,19,20). The van der Waals surface area contributed by atoms with E-state index >= 15 is 0 Å². The Kier molecular flexibility index (Phi) is 5.18. The van der Waals surface area contributed by atoms with Crippen molar-refractivity contribution < 1.29 is 4.79 Å². The van der Waals surface area contributed by atoms with Gasteiger partial charge < -0.3 is 11.1 Å². The molecule has 2 aromatic carbocycles. The Bertz CT molecular complexity index is 734. The number of rotatable bonds is 3. The van der Waals surface area contributed by atoms with Crippen LogP contribution in [-0.2, 0) is 0 Å². The minimum absolute atomic E-state index is 0.209. The first-order valence-electron chi connectivity index (χ1n) is 6.06. The number of carbonyl (C=O) groups excluding carboxylic acids is 1. The Morgan fingerprint density at radius 2 is 2.00 bits per heavy atom. The molecule has 0 aliphatic heterocycles. The lowest BCUT2D eigenvalue weighted by atomic mass is 10.1. The number of aryl methyl sites for hydroxylation is 1. The maximum Gasteiger partial charge on any atom is 0.256 e. The molecule has 0 aliphatic rings. The lowest BCUT2D eigenvalue weighted by Crippen LogP contribution is -2.18. The van der Waals surface area contributed by atoms with E-state index in [1.807, 2.05) is 19.1 Å². The number of thiocarbonyl (C=S) groups is 1. The highest BCUT2D eigenvalue weighted by Gasteiger charge is 2.14. The number of carbonyl (C=O) groups is 1. The van der Waals surface area contributed by atoms with Crippen LogP contribution in [0.2, 0.25) is 5.02 Å². The largest absolute Gasteiger partial charge is 0.389 e. The summed E-state index contributed by atoms with van der Waals surface area (Å²) < 4.78 is 0.909. The van der Waals surface area contributed by atoms with Gasteiger partial charge in [-0.25, -0.2) is 0 Å². The summed E-state index contributed by atoms with van der Waals surface area (Å²) in [5.74, 6) is -0.220. The Hall–Kier alpha value is -1.18. The molecule has 1 amide bonds. The van der Waals surface area contributed by atoms with Gasteiger partial charge in [0, 0.05) is 14.2 Å². The molecule has 0 saturated heterocycles. The fourth-order valence-electron chi connectivity index (χ4n) is 1.85. The molecule has 21 heavy (non-hydrogen) atoms. The third kappa shape index (κ3) is 3.72. The summed E-state index contributed by atoms with van der Waals surface area (Å²) in [6, 6.07) is 10.6. The molecule has 0 aliphatic carbocycles. The molecule has 2 rings (SSSR count). The van der Waals surface area contributed by atoms with Gasteiger partial charge in [-0.05, 0) is 59.3 Å². The highest BCUT2D eigenvalue weighted by molar-refractivity contribution is 14.1. The topological polar surface area (TPSA) is 55.1 Å². The summed E-state index contributed by atoms with van der Waals surface area (Å²) in [7, 11) is 0. The molecule has 0 fully saturated rings. The summed E-state index contributed by atoms with van der Waals surface area (Å²) in [6.45, 7) is 1.96. The first-order chi connectivity index (χ1) is 9.90. The van der Waals surface area contributed by atoms with Crippen molar-refractivity contribution in [1.29, 1.82) is 0 Å². The van der Waals surface area contributed by atoms with Crippen LogP contribution in [0.25, 0.3) is 0 Å². The van der Waals surface area contributed by atoms with Crippen molar-refractivity contribution >= 4 is 63.0 Å². The molecule has 0 heterocycles. The van der Waals surface area contributed by atoms with Crippen molar-refractivity contribution in [3.63, 3.8) is 0 Å². The molecular formula is C15H12ClIN2OS. The molecule has 0 unspecified atom stereocenters. The zero-order chi connectivity index (χ0) is 15.6. The number of halogens is 2. The van der Waals surface area contributed by atoms with Crippen molar-refractivity contribution in [3.05, 3.63) is 61.7 Å². The third-order valence-corrected chi connectivity index (χ3v) is 4.82. The number of hydrogen-bond acceptors (Lipinski definition) is 2. The van der Waals surface area contributed by atoms with E-state index in [0.29, 0.717) is 21.8 Å². The van der Waals surface area contributed by atoms with E-state index in [2.05, 4.69) is 27.9 Å². The van der Waals surface area contributed by atoms with E-state index in [1.54, 1.807) is 24.3 Å². The number of anilines is 1. The lowest BCUT2D eigenvalue weighted by Gasteiger charge is -2.12. The molecule has 3 nitrogen and oxygen atoms in total. The highest BCUT2D eigenvalue weighted by Crippen LogP contribution is 2.23. The fraction of sp³-hybridized carbons (Fsp3) is 0.0667. The molecular weight excluding hydrogens is 419 g/mol. The molecule has 2 aromatic rings. The zero-order valence-electron chi connectivity index (χ0n) is 11.1. The SMILES string of the molecule is Cc1cccc(C(=O)Nc2cc(Cl)ccc2C(N)=S)c1I. The predicted molar refractivity (Wildman–Crippen MR) is 99.2 cm³/mol. The quantitative estimate of drug-likeness (QED) is 0.568. The predicted octanol–water partition coefficient (Wildman–Crippen LogP) is 4.14. The monoisotopic (exact) mass is 430 g/mol. The van der Waals surface area contributed by atoms with Crippen molar-refractivity contribution in [1.82, 2.24) is 0 Å². The van der Waals surface area contributed by atoms with Crippen LogP contribution in [0.15, 0.2) is 36.4 Å². The summed E-state index contributed by atoms with van der Waals surface area (Å²) in [5.41, 5.74) is 8.42. The number of nitrogens with one attached hydrogen (secondary N) is 1. The van der Waals surface area contributed by atoms with Crippen molar-refractivity contribution in [3.8, 4) is 0 Å². The first-order valence-corrected chi connectivity index (χ1v) is 7.92. The van der Waals surface area contributed by atoms with Gasteiger partial charge in [0.2, 0.25) is 0 Å². The van der Waals surface area contributed by atoms with Gasteiger partial charge in [0.15, 0.2) is 0 Å². The smallest absolute Gasteiger partial charge is 0.256 e. The maximum absolute atomic E-state index is 12.4. The van der Waals surface area contributed by atoms with Crippen LogP contribution in [0.1, 0.15) is 21.5 Å². The molecule has 108 valence electrons. The van der Waals surface area contributed by atoms with Crippen LogP contribution in [0.5, 0.6) is 0 Å². The number of benzene rings is 2. The normalized spacial score (nSPS) is 10.2. The molecule has 0 bridgehead atoms. The average molecular weight is 431 g/mol. The summed E-state index contributed by atoms with van der Waals surface area (Å²) in [4.78, 5) is 12.6. The second kappa shape index (κ2) is 6.72. The van der Waals surface area contributed by atoms with Gasteiger partial charge in [-0.15, -0.1) is 0 Å². The van der Waals surface area contributed by atoms with Crippen molar-refractivity contribution in [2.75, 3.05) is 5.32 Å². The van der Waals surface area contributed by atoms with Gasteiger partial charge >= 0.3 is 0 Å². The summed E-state index contributed by atoms with van der Waals surface area (Å²) in [5, 5.41) is 3.33. The van der Waals surface area contributed by atoms with Gasteiger partial charge in [0.25, 0.3) is 5.91 Å². The Morgan fingerprint density at radius 1 is 1.29 bits per heavy atom. The average Bonchev–Trinajstić information content (AvgIpc) is 2.41. The van der Waals surface area contributed by atoms with Crippen LogP contribution in [0.4, 0.5) is 5.69 Å². The van der Waals surface area contributed by atoms with Crippen LogP contribution < -0.4 is 11.1 Å². The minimum Gasteiger partial charge on any atom is -0.389 e. The molecule has 0 spiro atoms. The third-order valence-electron chi connectivity index (χ3n) is 2.93. The van der Waals surface area contributed by atoms with Crippen LogP contribution in [-0.4, -0.2) is 10.9 Å². The second-order valence-corrected chi connectivity index (χ2v) is 6.40. The Labute approximate surface area is 147 Å². The lowest BCUT2D eigenvalue weighted by molar-refractivity contribution is 0.102. The van der Waals surface area contributed by atoms with Crippen LogP contribution in [0.3, 0.4) is 0 Å². The van der Waals surface area contributed by atoms with E-state index in [-0.39, 0.29) is 10.9 Å². The van der Waals surface area contributed by atoms with Gasteiger partial charge in [0.05, 0.1) is 11.3 Å². The molecule has 0 aromatic heterocycles. The van der Waals surface area contributed by atoms with Gasteiger partial charge in [-0.2, -0.15) is 0 Å². The number of amides is 1. The van der Waals surface area contributed by atoms with E-state index in [0.717, 1.165) is 9.13 Å². The molecule has 0 radical (unpaired) electrons. The van der Waals surface area contributed by atoms with E-state index in [4.69, 9.17) is 29.6 Å². The van der Waals surface area contributed by atoms with Crippen LogP contribution in [0, 0.1) is 10.5 Å². The van der Waals surface area contributed by atoms with E-state index < -0.39 is 0 Å². The van der Waals surface area contributed by atoms with Gasteiger partial charge in [0.1, 0.15) is 4.99 Å². The van der Waals surface area contributed by atoms with Crippen molar-refractivity contribution in [2.24, 2.45) is 5.73 Å². The minimum atomic E-state index is -0.220. The molecule has 0 atom stereocenters. The molecule has 3 N–H and O–H groups in total. The van der Waals surface area contributed by atoms with Gasteiger partial charge in [-0.3, -0.25) is 4.79 Å². The number of nitrogens with two attached hydrogens (primary N) is 1. The summed E-state index contributed by atoms with van der Waals surface area (Å²) >= 11 is 13.1. The fourth-order valence-corrected chi connectivity index (χ4v) is 2.80. The number of hydrogen-bond donors (Lipinski definition) is 2. The van der Waals surface area contributed by atoms with E-state index in [9.17, 15) is 4.79 Å². The van der Waals surface area contributed by atoms with E-state index in [1.165, 1.54) is 0 Å². The second-order valence-electron chi connectivity index (χ2n) is 4.44.